The van der Waals surface area contributed by atoms with E-state index in [1.807, 2.05) is 6.07 Å². The van der Waals surface area contributed by atoms with Crippen molar-refractivity contribution in [3.8, 4) is 6.07 Å². The Balaban J connectivity index is 1.55. The lowest BCUT2D eigenvalue weighted by Gasteiger charge is -2.33. The van der Waals surface area contributed by atoms with Crippen LogP contribution in [-0.2, 0) is 6.54 Å². The van der Waals surface area contributed by atoms with Crippen LogP contribution in [-0.4, -0.2) is 62.1 Å². The molecule has 0 unspecified atom stereocenters. The van der Waals surface area contributed by atoms with Crippen LogP contribution in [0.5, 0.6) is 0 Å². The van der Waals surface area contributed by atoms with E-state index in [-0.39, 0.29) is 5.91 Å². The van der Waals surface area contributed by atoms with Crippen LogP contribution in [0.3, 0.4) is 0 Å². The molecule has 2 aromatic heterocycles. The molecule has 1 amide bonds. The molecule has 8 heteroatoms. The van der Waals surface area contributed by atoms with Crippen molar-refractivity contribution < 1.29 is 4.79 Å². The quantitative estimate of drug-likeness (QED) is 0.823. The van der Waals surface area contributed by atoms with Crippen LogP contribution in [0.25, 0.3) is 0 Å². The Kier molecular flexibility index (Phi) is 3.66. The van der Waals surface area contributed by atoms with Crippen LogP contribution in [0.4, 0.5) is 0 Å². The molecule has 2 aromatic rings. The van der Waals surface area contributed by atoms with E-state index < -0.39 is 0 Å². The molecule has 21 heavy (non-hydrogen) atoms. The fraction of sp³-hybridized carbons (Fsp3) is 0.385. The van der Waals surface area contributed by atoms with Crippen molar-refractivity contribution in [3.05, 3.63) is 35.7 Å². The predicted molar refractivity (Wildman–Crippen MR) is 73.1 cm³/mol. The smallest absolute Gasteiger partial charge is 0.270 e. The zero-order valence-electron chi connectivity index (χ0n) is 11.4. The Morgan fingerprint density at radius 3 is 2.81 bits per heavy atom. The van der Waals surface area contributed by atoms with E-state index in [1.54, 1.807) is 17.2 Å². The standard InChI is InChI=1S/C13H15N7O/c14-6-10-5-11(15-7-10)13(21)20-3-1-19(2-4-20)8-12-16-9-17-18-12/h5,7,9,15H,1-4,8H2,(H,16,17,18). The van der Waals surface area contributed by atoms with Crippen molar-refractivity contribution in [1.29, 1.82) is 5.26 Å². The lowest BCUT2D eigenvalue weighted by molar-refractivity contribution is 0.0620. The van der Waals surface area contributed by atoms with Crippen LogP contribution in [0.15, 0.2) is 18.6 Å². The molecule has 1 fully saturated rings. The van der Waals surface area contributed by atoms with E-state index >= 15 is 0 Å². The monoisotopic (exact) mass is 285 g/mol. The Labute approximate surface area is 121 Å². The van der Waals surface area contributed by atoms with Crippen molar-refractivity contribution in [2.75, 3.05) is 26.2 Å². The molecule has 2 N–H and O–H groups in total. The Bertz CT molecular complexity index is 646. The molecular weight excluding hydrogens is 270 g/mol. The third-order valence-corrected chi connectivity index (χ3v) is 3.54. The summed E-state index contributed by atoms with van der Waals surface area (Å²) in [5.41, 5.74) is 0.942. The SMILES string of the molecule is N#Cc1c[nH]c(C(=O)N2CCN(Cc3ncn[nH]3)CC2)c1. The van der Waals surface area contributed by atoms with Crippen LogP contribution < -0.4 is 0 Å². The van der Waals surface area contributed by atoms with Crippen molar-refractivity contribution >= 4 is 5.91 Å². The average molecular weight is 285 g/mol. The number of H-pyrrole nitrogens is 2. The molecule has 3 heterocycles. The van der Waals surface area contributed by atoms with Crippen LogP contribution in [0.2, 0.25) is 0 Å². The van der Waals surface area contributed by atoms with Crippen LogP contribution >= 0.6 is 0 Å². The second kappa shape index (κ2) is 5.76. The number of hydrogen-bond acceptors (Lipinski definition) is 5. The van der Waals surface area contributed by atoms with Crippen LogP contribution in [0, 0.1) is 11.3 Å². The summed E-state index contributed by atoms with van der Waals surface area (Å²) in [7, 11) is 0. The summed E-state index contributed by atoms with van der Waals surface area (Å²) in [6.45, 7) is 3.61. The molecule has 1 aliphatic rings. The Morgan fingerprint density at radius 1 is 1.38 bits per heavy atom. The minimum atomic E-state index is -0.0594. The summed E-state index contributed by atoms with van der Waals surface area (Å²) in [6.07, 6.45) is 3.04. The summed E-state index contributed by atoms with van der Waals surface area (Å²) >= 11 is 0. The minimum absolute atomic E-state index is 0.0594. The number of amides is 1. The van der Waals surface area contributed by atoms with Gasteiger partial charge in [0.15, 0.2) is 0 Å². The second-order valence-electron chi connectivity index (χ2n) is 4.91. The zero-order chi connectivity index (χ0) is 14.7. The number of aromatic nitrogens is 4. The number of aromatic amines is 2. The highest BCUT2D eigenvalue weighted by atomic mass is 16.2. The predicted octanol–water partition coefficient (Wildman–Crippen LogP) is -0.0375. The second-order valence-corrected chi connectivity index (χ2v) is 4.91. The third-order valence-electron chi connectivity index (χ3n) is 3.54. The summed E-state index contributed by atoms with van der Waals surface area (Å²) in [4.78, 5) is 23.3. The molecule has 8 nitrogen and oxygen atoms in total. The fourth-order valence-electron chi connectivity index (χ4n) is 2.38. The van der Waals surface area contributed by atoms with Gasteiger partial charge in [0.1, 0.15) is 23.9 Å². The molecule has 0 aliphatic carbocycles. The molecule has 1 saturated heterocycles. The number of hydrogen-bond donors (Lipinski definition) is 2. The normalized spacial score (nSPS) is 15.9. The summed E-state index contributed by atoms with van der Waals surface area (Å²) in [6, 6.07) is 3.60. The highest BCUT2D eigenvalue weighted by Gasteiger charge is 2.23. The maximum Gasteiger partial charge on any atom is 0.270 e. The van der Waals surface area contributed by atoms with Gasteiger partial charge in [-0.3, -0.25) is 14.8 Å². The van der Waals surface area contributed by atoms with E-state index in [1.165, 1.54) is 6.33 Å². The van der Waals surface area contributed by atoms with Gasteiger partial charge < -0.3 is 9.88 Å². The first-order valence-corrected chi connectivity index (χ1v) is 6.70. The summed E-state index contributed by atoms with van der Waals surface area (Å²) in [5.74, 6) is 0.772. The van der Waals surface area contributed by atoms with Crippen molar-refractivity contribution in [1.82, 2.24) is 30.0 Å². The van der Waals surface area contributed by atoms with Gasteiger partial charge in [-0.15, -0.1) is 0 Å². The fourth-order valence-corrected chi connectivity index (χ4v) is 2.38. The van der Waals surface area contributed by atoms with E-state index in [4.69, 9.17) is 5.26 Å². The van der Waals surface area contributed by atoms with Crippen molar-refractivity contribution in [2.45, 2.75) is 6.54 Å². The number of nitrogens with zero attached hydrogens (tertiary/aromatic N) is 5. The minimum Gasteiger partial charge on any atom is -0.356 e. The molecule has 0 atom stereocenters. The number of nitrogens with one attached hydrogen (secondary N) is 2. The van der Waals surface area contributed by atoms with Crippen molar-refractivity contribution in [3.63, 3.8) is 0 Å². The first-order valence-electron chi connectivity index (χ1n) is 6.70. The topological polar surface area (TPSA) is 105 Å². The summed E-state index contributed by atoms with van der Waals surface area (Å²) in [5, 5.41) is 15.4. The molecular formula is C13H15N7O. The molecule has 0 bridgehead atoms. The zero-order valence-corrected chi connectivity index (χ0v) is 11.4. The van der Waals surface area contributed by atoms with E-state index in [0.717, 1.165) is 18.9 Å². The van der Waals surface area contributed by atoms with Gasteiger partial charge in [0.2, 0.25) is 0 Å². The number of piperazine rings is 1. The van der Waals surface area contributed by atoms with Gasteiger partial charge in [0.05, 0.1) is 12.1 Å². The van der Waals surface area contributed by atoms with E-state index in [0.29, 0.717) is 30.9 Å². The lowest BCUT2D eigenvalue weighted by atomic mass is 10.2. The van der Waals surface area contributed by atoms with Gasteiger partial charge in [-0.25, -0.2) is 4.98 Å². The lowest BCUT2D eigenvalue weighted by Crippen LogP contribution is -2.48. The highest BCUT2D eigenvalue weighted by Crippen LogP contribution is 2.10. The number of rotatable bonds is 3. The number of carbonyl (C=O) groups excluding carboxylic acids is 1. The molecule has 0 radical (unpaired) electrons. The highest BCUT2D eigenvalue weighted by molar-refractivity contribution is 5.93. The largest absolute Gasteiger partial charge is 0.356 e. The van der Waals surface area contributed by atoms with Gasteiger partial charge in [-0.2, -0.15) is 10.4 Å². The van der Waals surface area contributed by atoms with Gasteiger partial charge in [0.25, 0.3) is 5.91 Å². The first kappa shape index (κ1) is 13.3. The van der Waals surface area contributed by atoms with E-state index in [2.05, 4.69) is 25.1 Å². The van der Waals surface area contributed by atoms with Gasteiger partial charge in [-0.1, -0.05) is 0 Å². The molecule has 0 saturated carbocycles. The van der Waals surface area contributed by atoms with Gasteiger partial charge in [-0.05, 0) is 6.07 Å². The average Bonchev–Trinajstić information content (AvgIpc) is 3.18. The van der Waals surface area contributed by atoms with Gasteiger partial charge >= 0.3 is 0 Å². The van der Waals surface area contributed by atoms with Crippen molar-refractivity contribution in [2.24, 2.45) is 0 Å². The molecule has 0 spiro atoms. The third kappa shape index (κ3) is 2.93. The maximum absolute atomic E-state index is 12.3. The molecule has 3 rings (SSSR count). The summed E-state index contributed by atoms with van der Waals surface area (Å²) < 4.78 is 0. The number of nitriles is 1. The van der Waals surface area contributed by atoms with Gasteiger partial charge in [0, 0.05) is 32.4 Å². The maximum atomic E-state index is 12.3. The number of carbonyl (C=O) groups is 1. The Hall–Kier alpha value is -2.66. The first-order chi connectivity index (χ1) is 10.3. The molecule has 108 valence electrons. The molecule has 1 aliphatic heterocycles. The Morgan fingerprint density at radius 2 is 2.19 bits per heavy atom. The van der Waals surface area contributed by atoms with Crippen LogP contribution in [0.1, 0.15) is 21.9 Å². The molecule has 0 aromatic carbocycles. The van der Waals surface area contributed by atoms with E-state index in [9.17, 15) is 4.79 Å².